The fourth-order valence-electron chi connectivity index (χ4n) is 2.76. The molecule has 4 nitrogen and oxygen atoms in total. The van der Waals surface area contributed by atoms with Gasteiger partial charge in [0.15, 0.2) is 0 Å². The van der Waals surface area contributed by atoms with E-state index < -0.39 is 10.0 Å². The maximum atomic E-state index is 12.0. The summed E-state index contributed by atoms with van der Waals surface area (Å²) in [6, 6.07) is 14.1. The van der Waals surface area contributed by atoms with Gasteiger partial charge in [-0.25, -0.2) is 13.1 Å². The molecule has 0 spiro atoms. The van der Waals surface area contributed by atoms with Crippen LogP contribution >= 0.6 is 0 Å². The van der Waals surface area contributed by atoms with E-state index >= 15 is 0 Å². The Hall–Kier alpha value is -1.69. The number of hydrogen-bond donors (Lipinski definition) is 2. The Balaban J connectivity index is 1.88. The lowest BCUT2D eigenvalue weighted by Crippen LogP contribution is -2.31. The van der Waals surface area contributed by atoms with Crippen molar-refractivity contribution in [2.75, 3.05) is 0 Å². The molecule has 0 aliphatic rings. The van der Waals surface area contributed by atoms with Crippen LogP contribution < -0.4 is 10.0 Å². The van der Waals surface area contributed by atoms with Gasteiger partial charge in [-0.1, -0.05) is 48.0 Å². The van der Waals surface area contributed by atoms with Crippen molar-refractivity contribution >= 4 is 10.0 Å². The van der Waals surface area contributed by atoms with Crippen molar-refractivity contribution in [2.45, 2.75) is 52.6 Å². The molecule has 0 radical (unpaired) electrons. The first-order valence-electron chi connectivity index (χ1n) is 8.60. The Morgan fingerprint density at radius 3 is 2.16 bits per heavy atom. The van der Waals surface area contributed by atoms with Gasteiger partial charge in [0, 0.05) is 19.1 Å². The zero-order chi connectivity index (χ0) is 18.4. The number of nitrogens with one attached hydrogen (secondary N) is 2. The maximum Gasteiger partial charge on any atom is 0.216 e. The summed E-state index contributed by atoms with van der Waals surface area (Å²) >= 11 is 0. The fourth-order valence-corrected chi connectivity index (χ4v) is 4.19. The molecular formula is C20H28N2O2S. The second kappa shape index (κ2) is 8.61. The van der Waals surface area contributed by atoms with Crippen LogP contribution in [0.3, 0.4) is 0 Å². The molecule has 0 saturated carbocycles. The Bertz CT molecular complexity index is 797. The van der Waals surface area contributed by atoms with Crippen LogP contribution in [0, 0.1) is 13.8 Å². The molecule has 0 bridgehead atoms. The predicted octanol–water partition coefficient (Wildman–Crippen LogP) is 3.42. The average molecular weight is 361 g/mol. The zero-order valence-corrected chi connectivity index (χ0v) is 16.3. The number of benzene rings is 2. The third kappa shape index (κ3) is 6.61. The molecule has 25 heavy (non-hydrogen) atoms. The summed E-state index contributed by atoms with van der Waals surface area (Å²) in [6.45, 7) is 9.45. The number of sulfonamides is 1. The van der Waals surface area contributed by atoms with Crippen molar-refractivity contribution in [3.8, 4) is 0 Å². The van der Waals surface area contributed by atoms with Crippen LogP contribution in [-0.4, -0.2) is 14.5 Å². The Labute approximate surface area is 151 Å². The minimum Gasteiger partial charge on any atom is -0.309 e. The van der Waals surface area contributed by atoms with Crippen LogP contribution in [0.5, 0.6) is 0 Å². The lowest BCUT2D eigenvalue weighted by molar-refractivity contribution is 0.569. The van der Waals surface area contributed by atoms with Crippen LogP contribution in [0.4, 0.5) is 0 Å². The molecular weight excluding hydrogens is 332 g/mol. The van der Waals surface area contributed by atoms with E-state index in [1.807, 2.05) is 38.1 Å². The molecule has 5 heteroatoms. The molecule has 2 rings (SSSR count). The summed E-state index contributed by atoms with van der Waals surface area (Å²) < 4.78 is 26.5. The highest BCUT2D eigenvalue weighted by Crippen LogP contribution is 2.11. The molecule has 0 saturated heterocycles. The second-order valence-electron chi connectivity index (χ2n) is 6.88. The monoisotopic (exact) mass is 360 g/mol. The molecule has 0 heterocycles. The Morgan fingerprint density at radius 1 is 0.920 bits per heavy atom. The summed E-state index contributed by atoms with van der Waals surface area (Å²) in [5, 5.41) is 3.44. The predicted molar refractivity (Wildman–Crippen MR) is 104 cm³/mol. The highest BCUT2D eigenvalue weighted by Gasteiger charge is 2.12. The third-order valence-electron chi connectivity index (χ3n) is 3.94. The highest BCUT2D eigenvalue weighted by atomic mass is 32.2. The smallest absolute Gasteiger partial charge is 0.216 e. The van der Waals surface area contributed by atoms with Crippen molar-refractivity contribution in [3.63, 3.8) is 0 Å². The van der Waals surface area contributed by atoms with Gasteiger partial charge in [0.05, 0.1) is 5.75 Å². The van der Waals surface area contributed by atoms with Crippen LogP contribution in [0.2, 0.25) is 0 Å². The van der Waals surface area contributed by atoms with Crippen molar-refractivity contribution in [2.24, 2.45) is 0 Å². The van der Waals surface area contributed by atoms with E-state index in [4.69, 9.17) is 0 Å². The van der Waals surface area contributed by atoms with Crippen molar-refractivity contribution in [3.05, 3.63) is 70.3 Å². The largest absolute Gasteiger partial charge is 0.309 e. The van der Waals surface area contributed by atoms with Gasteiger partial charge in [-0.2, -0.15) is 0 Å². The molecule has 0 amide bonds. The highest BCUT2D eigenvalue weighted by molar-refractivity contribution is 7.88. The minimum absolute atomic E-state index is 0.0153. The van der Waals surface area contributed by atoms with Crippen molar-refractivity contribution in [1.82, 2.24) is 10.0 Å². The van der Waals surface area contributed by atoms with E-state index in [-0.39, 0.29) is 11.8 Å². The molecule has 0 fully saturated rings. The van der Waals surface area contributed by atoms with E-state index in [0.29, 0.717) is 0 Å². The topological polar surface area (TPSA) is 58.2 Å². The number of rotatable bonds is 8. The third-order valence-corrected chi connectivity index (χ3v) is 5.48. The van der Waals surface area contributed by atoms with Gasteiger partial charge in [-0.05, 0) is 49.9 Å². The summed E-state index contributed by atoms with van der Waals surface area (Å²) in [5.74, 6) is 0.0153. The first-order chi connectivity index (χ1) is 11.7. The van der Waals surface area contributed by atoms with E-state index in [1.54, 1.807) is 0 Å². The molecule has 2 aromatic rings. The zero-order valence-electron chi connectivity index (χ0n) is 15.5. The SMILES string of the molecule is Cc1ccc(CNCc2ccc(CS(=O)(=O)NC(C)C)cc2)c(C)c1. The van der Waals surface area contributed by atoms with Crippen LogP contribution in [0.15, 0.2) is 42.5 Å². The Morgan fingerprint density at radius 2 is 1.56 bits per heavy atom. The summed E-state index contributed by atoms with van der Waals surface area (Å²) in [6.07, 6.45) is 0. The van der Waals surface area contributed by atoms with Gasteiger partial charge in [0.1, 0.15) is 0 Å². The molecule has 0 unspecified atom stereocenters. The molecule has 2 N–H and O–H groups in total. The van der Waals surface area contributed by atoms with E-state index in [1.165, 1.54) is 16.7 Å². The van der Waals surface area contributed by atoms with Gasteiger partial charge in [0.25, 0.3) is 0 Å². The molecule has 0 aliphatic carbocycles. The molecule has 0 aromatic heterocycles. The number of aryl methyl sites for hydroxylation is 2. The van der Waals surface area contributed by atoms with Crippen molar-refractivity contribution < 1.29 is 8.42 Å². The normalized spacial score (nSPS) is 11.9. The summed E-state index contributed by atoms with van der Waals surface area (Å²) in [4.78, 5) is 0. The standard InChI is InChI=1S/C20H28N2O2S/c1-15(2)22-25(23,24)14-19-8-6-18(7-9-19)12-21-13-20-10-5-16(3)11-17(20)4/h5-11,15,21-22H,12-14H2,1-4H3. The first-order valence-corrected chi connectivity index (χ1v) is 10.2. The second-order valence-corrected chi connectivity index (χ2v) is 8.64. The molecule has 0 aliphatic heterocycles. The van der Waals surface area contributed by atoms with Crippen LogP contribution in [0.1, 0.15) is 41.7 Å². The van der Waals surface area contributed by atoms with E-state index in [9.17, 15) is 8.42 Å². The van der Waals surface area contributed by atoms with Gasteiger partial charge >= 0.3 is 0 Å². The van der Waals surface area contributed by atoms with Gasteiger partial charge < -0.3 is 5.32 Å². The molecule has 0 atom stereocenters. The molecule has 2 aromatic carbocycles. The van der Waals surface area contributed by atoms with Crippen LogP contribution in [-0.2, 0) is 28.9 Å². The quantitative estimate of drug-likeness (QED) is 0.758. The minimum atomic E-state index is -3.27. The van der Waals surface area contributed by atoms with Gasteiger partial charge in [-0.15, -0.1) is 0 Å². The van der Waals surface area contributed by atoms with Gasteiger partial charge in [-0.3, -0.25) is 0 Å². The lowest BCUT2D eigenvalue weighted by atomic mass is 10.1. The summed E-state index contributed by atoms with van der Waals surface area (Å²) in [7, 11) is -3.27. The fraction of sp³-hybridized carbons (Fsp3) is 0.400. The average Bonchev–Trinajstić information content (AvgIpc) is 2.49. The van der Waals surface area contributed by atoms with Crippen molar-refractivity contribution in [1.29, 1.82) is 0 Å². The van der Waals surface area contributed by atoms with E-state index in [0.717, 1.165) is 24.2 Å². The van der Waals surface area contributed by atoms with Crippen LogP contribution in [0.25, 0.3) is 0 Å². The van der Waals surface area contributed by atoms with Gasteiger partial charge in [0.2, 0.25) is 10.0 Å². The maximum absolute atomic E-state index is 12.0. The van der Waals surface area contributed by atoms with E-state index in [2.05, 4.69) is 42.1 Å². The summed E-state index contributed by atoms with van der Waals surface area (Å²) in [5.41, 5.74) is 5.81. The number of hydrogen-bond acceptors (Lipinski definition) is 3. The Kier molecular flexibility index (Phi) is 6.76. The first kappa shape index (κ1) is 19.6. The molecule has 136 valence electrons. The lowest BCUT2D eigenvalue weighted by Gasteiger charge is -2.11.